The first-order valence-electron chi connectivity index (χ1n) is 7.67. The first kappa shape index (κ1) is 12.7. The Morgan fingerprint density at radius 2 is 2.32 bits per heavy atom. The van der Waals surface area contributed by atoms with Crippen molar-refractivity contribution in [3.63, 3.8) is 0 Å². The van der Waals surface area contributed by atoms with Crippen molar-refractivity contribution < 1.29 is 19.4 Å². The molecule has 0 saturated carbocycles. The summed E-state index contributed by atoms with van der Waals surface area (Å²) in [5.74, 6) is 1.20. The zero-order chi connectivity index (χ0) is 15.1. The van der Waals surface area contributed by atoms with Crippen LogP contribution in [-0.2, 0) is 16.6 Å². The number of nitrogens with one attached hydrogen (secondary N) is 1. The summed E-state index contributed by atoms with van der Waals surface area (Å²) >= 11 is 0. The van der Waals surface area contributed by atoms with Gasteiger partial charge in [-0.05, 0) is 43.2 Å². The molecule has 4 atom stereocenters. The molecule has 4 aliphatic rings. The predicted molar refractivity (Wildman–Crippen MR) is 78.3 cm³/mol. The summed E-state index contributed by atoms with van der Waals surface area (Å²) in [5, 5.41) is 14.9. The Labute approximate surface area is 127 Å². The molecule has 1 fully saturated rings. The first-order chi connectivity index (χ1) is 10.6. The molecule has 2 aliphatic heterocycles. The Morgan fingerprint density at radius 3 is 3.14 bits per heavy atom. The molecule has 5 heteroatoms. The molecular formula is C17H17NO4. The Kier molecular flexibility index (Phi) is 2.15. The summed E-state index contributed by atoms with van der Waals surface area (Å²) < 4.78 is 11.5. The molecule has 0 amide bonds. The Bertz CT molecular complexity index is 742. The highest BCUT2D eigenvalue weighted by atomic mass is 16.5. The highest BCUT2D eigenvalue weighted by Crippen LogP contribution is 2.62. The van der Waals surface area contributed by atoms with Gasteiger partial charge in [-0.3, -0.25) is 4.79 Å². The summed E-state index contributed by atoms with van der Waals surface area (Å²) in [7, 11) is 1.60. The van der Waals surface area contributed by atoms with Crippen LogP contribution in [0, 0.1) is 0 Å². The lowest BCUT2D eigenvalue weighted by molar-refractivity contribution is -0.139. The fraction of sp³-hybridized carbons (Fsp3) is 0.471. The van der Waals surface area contributed by atoms with E-state index in [1.165, 1.54) is 6.08 Å². The van der Waals surface area contributed by atoms with Gasteiger partial charge in [-0.25, -0.2) is 0 Å². The van der Waals surface area contributed by atoms with E-state index in [9.17, 15) is 9.90 Å². The highest BCUT2D eigenvalue weighted by molar-refractivity contribution is 5.99. The third kappa shape index (κ3) is 1.12. The van der Waals surface area contributed by atoms with Gasteiger partial charge in [-0.15, -0.1) is 0 Å². The van der Waals surface area contributed by atoms with E-state index in [1.54, 1.807) is 13.2 Å². The van der Waals surface area contributed by atoms with Gasteiger partial charge < -0.3 is 19.9 Å². The van der Waals surface area contributed by atoms with Crippen LogP contribution >= 0.6 is 0 Å². The van der Waals surface area contributed by atoms with Gasteiger partial charge in [0.25, 0.3) is 0 Å². The van der Waals surface area contributed by atoms with E-state index >= 15 is 0 Å². The van der Waals surface area contributed by atoms with Gasteiger partial charge in [0.05, 0.1) is 12.5 Å². The average molecular weight is 299 g/mol. The van der Waals surface area contributed by atoms with Gasteiger partial charge in [-0.2, -0.15) is 0 Å². The zero-order valence-electron chi connectivity index (χ0n) is 12.3. The number of rotatable bonds is 1. The summed E-state index contributed by atoms with van der Waals surface area (Å²) in [6.07, 6.45) is 3.90. The smallest absolute Gasteiger partial charge is 0.196 e. The number of ketones is 1. The molecule has 2 aliphatic carbocycles. The molecule has 2 heterocycles. The van der Waals surface area contributed by atoms with Crippen LogP contribution in [0.3, 0.4) is 0 Å². The Balaban J connectivity index is 1.90. The van der Waals surface area contributed by atoms with Crippen molar-refractivity contribution in [3.8, 4) is 11.5 Å². The van der Waals surface area contributed by atoms with Gasteiger partial charge in [-0.1, -0.05) is 6.07 Å². The molecule has 5 nitrogen and oxygen atoms in total. The highest BCUT2D eigenvalue weighted by Gasteiger charge is 2.70. The third-order valence-electron chi connectivity index (χ3n) is 5.90. The molecule has 5 rings (SSSR count). The van der Waals surface area contributed by atoms with Crippen molar-refractivity contribution in [3.05, 3.63) is 35.4 Å². The minimum absolute atomic E-state index is 0.0728. The SMILES string of the molecule is COc1ccc2c3c1OC1C(=O)C=C[C@@]4(O)[C@@H](C2)NCC[C@]314. The molecular weight excluding hydrogens is 282 g/mol. The quantitative estimate of drug-likeness (QED) is 0.789. The number of hydrogen-bond donors (Lipinski definition) is 2. The second kappa shape index (κ2) is 3.73. The van der Waals surface area contributed by atoms with Crippen molar-refractivity contribution in [1.29, 1.82) is 0 Å². The van der Waals surface area contributed by atoms with Crippen molar-refractivity contribution in [2.45, 2.75) is 36.0 Å². The fourth-order valence-corrected chi connectivity index (χ4v) is 4.98. The number of aliphatic hydroxyl groups is 1. The molecule has 1 aromatic carbocycles. The van der Waals surface area contributed by atoms with Gasteiger partial charge in [0.1, 0.15) is 5.60 Å². The van der Waals surface area contributed by atoms with Crippen LogP contribution in [0.25, 0.3) is 0 Å². The average Bonchev–Trinajstić information content (AvgIpc) is 2.85. The fourth-order valence-electron chi connectivity index (χ4n) is 4.98. The van der Waals surface area contributed by atoms with E-state index in [0.717, 1.165) is 24.1 Å². The lowest BCUT2D eigenvalue weighted by atomic mass is 9.51. The van der Waals surface area contributed by atoms with Gasteiger partial charge in [0.15, 0.2) is 23.4 Å². The van der Waals surface area contributed by atoms with E-state index < -0.39 is 17.1 Å². The summed E-state index contributed by atoms with van der Waals surface area (Å²) in [6, 6.07) is 3.83. The van der Waals surface area contributed by atoms with Crippen LogP contribution in [0.15, 0.2) is 24.3 Å². The molecule has 114 valence electrons. The number of benzene rings is 1. The topological polar surface area (TPSA) is 67.8 Å². The minimum atomic E-state index is -1.09. The molecule has 1 spiro atoms. The van der Waals surface area contributed by atoms with E-state index in [2.05, 4.69) is 5.32 Å². The van der Waals surface area contributed by atoms with Gasteiger partial charge in [0.2, 0.25) is 0 Å². The first-order valence-corrected chi connectivity index (χ1v) is 7.67. The molecule has 1 saturated heterocycles. The largest absolute Gasteiger partial charge is 0.493 e. The van der Waals surface area contributed by atoms with E-state index in [0.29, 0.717) is 17.9 Å². The van der Waals surface area contributed by atoms with Crippen molar-refractivity contribution in [2.75, 3.05) is 13.7 Å². The minimum Gasteiger partial charge on any atom is -0.493 e. The summed E-state index contributed by atoms with van der Waals surface area (Å²) in [4.78, 5) is 12.5. The van der Waals surface area contributed by atoms with E-state index in [1.807, 2.05) is 12.1 Å². The second-order valence-corrected chi connectivity index (χ2v) is 6.62. The summed E-state index contributed by atoms with van der Waals surface area (Å²) in [6.45, 7) is 0.768. The number of ether oxygens (including phenoxy) is 2. The normalized spacial score (nSPS) is 40.2. The van der Waals surface area contributed by atoms with Crippen LogP contribution in [0.2, 0.25) is 0 Å². The molecule has 1 aromatic rings. The maximum absolute atomic E-state index is 12.5. The van der Waals surface area contributed by atoms with Crippen LogP contribution in [0.4, 0.5) is 0 Å². The third-order valence-corrected chi connectivity index (χ3v) is 5.90. The molecule has 0 radical (unpaired) electrons. The van der Waals surface area contributed by atoms with Crippen LogP contribution in [-0.4, -0.2) is 42.3 Å². The Morgan fingerprint density at radius 1 is 1.45 bits per heavy atom. The van der Waals surface area contributed by atoms with Gasteiger partial charge in [0, 0.05) is 11.6 Å². The molecule has 2 N–H and O–H groups in total. The van der Waals surface area contributed by atoms with Gasteiger partial charge >= 0.3 is 0 Å². The van der Waals surface area contributed by atoms with Crippen LogP contribution in [0.5, 0.6) is 11.5 Å². The van der Waals surface area contributed by atoms with Crippen molar-refractivity contribution in [2.24, 2.45) is 0 Å². The number of carbonyl (C=O) groups is 1. The maximum atomic E-state index is 12.5. The van der Waals surface area contributed by atoms with Crippen molar-refractivity contribution >= 4 is 5.78 Å². The lowest BCUT2D eigenvalue weighted by Crippen LogP contribution is -2.74. The van der Waals surface area contributed by atoms with E-state index in [4.69, 9.17) is 9.47 Å². The van der Waals surface area contributed by atoms with E-state index in [-0.39, 0.29) is 11.8 Å². The molecule has 2 bridgehead atoms. The monoisotopic (exact) mass is 299 g/mol. The maximum Gasteiger partial charge on any atom is 0.196 e. The molecule has 22 heavy (non-hydrogen) atoms. The zero-order valence-corrected chi connectivity index (χ0v) is 12.3. The van der Waals surface area contributed by atoms with Crippen molar-refractivity contribution in [1.82, 2.24) is 5.32 Å². The number of methoxy groups -OCH3 is 1. The number of hydrogen-bond acceptors (Lipinski definition) is 5. The number of carbonyl (C=O) groups excluding carboxylic acids is 1. The predicted octanol–water partition coefficient (Wildman–Crippen LogP) is 0.482. The summed E-state index contributed by atoms with van der Waals surface area (Å²) in [5.41, 5.74) is 0.346. The lowest BCUT2D eigenvalue weighted by Gasteiger charge is -2.57. The standard InChI is InChI=1S/C17H17NO4/c1-21-11-3-2-9-8-12-17(20)5-4-10(19)15-16(17,6-7-18-12)13(9)14(11)22-15/h2-5,12,15,18,20H,6-8H2,1H3/t12-,15?,16+,17-/m1/s1. The second-order valence-electron chi connectivity index (χ2n) is 6.62. The van der Waals surface area contributed by atoms with Crippen LogP contribution < -0.4 is 14.8 Å². The Hall–Kier alpha value is -1.85. The number of piperidine rings is 1. The molecule has 1 unspecified atom stereocenters. The molecule has 0 aromatic heterocycles. The van der Waals surface area contributed by atoms with Crippen LogP contribution in [0.1, 0.15) is 17.5 Å².